The van der Waals surface area contributed by atoms with Crippen LogP contribution in [0, 0.1) is 5.53 Å². The molecule has 0 saturated heterocycles. The van der Waals surface area contributed by atoms with Gasteiger partial charge in [-0.1, -0.05) is 42.5 Å². The van der Waals surface area contributed by atoms with E-state index in [4.69, 9.17) is 10.3 Å². The SMILES string of the molecule is CCOC(=O)C(C)(C(=O)N=N)N(C)C(=O)c1ccc(-c2ccccc2)cc1. The smallest absolute Gasteiger partial charge is 0.341 e. The molecule has 140 valence electrons. The van der Waals surface area contributed by atoms with Crippen molar-refractivity contribution in [1.82, 2.24) is 4.90 Å². The molecule has 0 aliphatic heterocycles. The fourth-order valence-corrected chi connectivity index (χ4v) is 2.58. The molecule has 1 unspecified atom stereocenters. The van der Waals surface area contributed by atoms with Gasteiger partial charge in [0.2, 0.25) is 5.54 Å². The number of nitrogens with zero attached hydrogens (tertiary/aromatic N) is 2. The number of ether oxygens (including phenoxy) is 1. The Hall–Kier alpha value is -3.35. The van der Waals surface area contributed by atoms with Gasteiger partial charge in [-0.25, -0.2) is 10.3 Å². The lowest BCUT2D eigenvalue weighted by Gasteiger charge is -2.33. The number of benzene rings is 2. The molecule has 7 heteroatoms. The lowest BCUT2D eigenvalue weighted by molar-refractivity contribution is -0.159. The maximum absolute atomic E-state index is 12.8. The number of carbonyl (C=O) groups is 3. The minimum atomic E-state index is -2.01. The zero-order valence-electron chi connectivity index (χ0n) is 15.4. The average Bonchev–Trinajstić information content (AvgIpc) is 2.72. The van der Waals surface area contributed by atoms with Crippen LogP contribution in [0.2, 0.25) is 0 Å². The second-order valence-corrected chi connectivity index (χ2v) is 6.02. The van der Waals surface area contributed by atoms with Crippen molar-refractivity contribution >= 4 is 17.8 Å². The number of carbonyl (C=O) groups excluding carboxylic acids is 3. The zero-order chi connectivity index (χ0) is 20.0. The highest BCUT2D eigenvalue weighted by Gasteiger charge is 2.49. The van der Waals surface area contributed by atoms with Crippen molar-refractivity contribution in [2.75, 3.05) is 13.7 Å². The van der Waals surface area contributed by atoms with Gasteiger partial charge in [-0.2, -0.15) is 0 Å². The molecule has 2 aromatic carbocycles. The number of esters is 1. The molecule has 0 aliphatic carbocycles. The largest absolute Gasteiger partial charge is 0.464 e. The minimum absolute atomic E-state index is 0.0352. The quantitative estimate of drug-likeness (QED) is 0.481. The summed E-state index contributed by atoms with van der Waals surface area (Å²) in [5, 5.41) is 2.83. The van der Waals surface area contributed by atoms with Crippen LogP contribution >= 0.6 is 0 Å². The number of rotatable bonds is 6. The molecule has 0 bridgehead atoms. The Labute approximate surface area is 157 Å². The summed E-state index contributed by atoms with van der Waals surface area (Å²) < 4.78 is 4.92. The van der Waals surface area contributed by atoms with Crippen molar-refractivity contribution in [3.05, 3.63) is 60.2 Å². The molecule has 0 heterocycles. The Kier molecular flexibility index (Phi) is 6.18. The summed E-state index contributed by atoms with van der Waals surface area (Å²) in [6, 6.07) is 16.5. The molecule has 2 amide bonds. The molecule has 0 radical (unpaired) electrons. The number of hydrogen-bond acceptors (Lipinski definition) is 5. The highest BCUT2D eigenvalue weighted by molar-refractivity contribution is 6.11. The summed E-state index contributed by atoms with van der Waals surface area (Å²) in [6.45, 7) is 2.85. The summed E-state index contributed by atoms with van der Waals surface area (Å²) in [6.07, 6.45) is 0. The van der Waals surface area contributed by atoms with Gasteiger partial charge in [-0.15, -0.1) is 5.11 Å². The molecule has 0 spiro atoms. The van der Waals surface area contributed by atoms with E-state index in [9.17, 15) is 14.4 Å². The van der Waals surface area contributed by atoms with Crippen LogP contribution in [-0.2, 0) is 14.3 Å². The molecule has 0 saturated carbocycles. The number of hydrogen-bond donors (Lipinski definition) is 1. The Morgan fingerprint density at radius 2 is 1.59 bits per heavy atom. The first-order chi connectivity index (χ1) is 12.9. The third-order valence-corrected chi connectivity index (χ3v) is 4.41. The van der Waals surface area contributed by atoms with Gasteiger partial charge in [-0.3, -0.25) is 9.59 Å². The average molecular weight is 367 g/mol. The Balaban J connectivity index is 2.32. The van der Waals surface area contributed by atoms with Crippen LogP contribution in [-0.4, -0.2) is 41.9 Å². The first kappa shape index (κ1) is 20.0. The number of amides is 2. The van der Waals surface area contributed by atoms with E-state index in [0.29, 0.717) is 5.56 Å². The van der Waals surface area contributed by atoms with E-state index in [2.05, 4.69) is 5.11 Å². The van der Waals surface area contributed by atoms with Crippen LogP contribution in [0.5, 0.6) is 0 Å². The van der Waals surface area contributed by atoms with Gasteiger partial charge in [0.25, 0.3) is 5.91 Å². The maximum atomic E-state index is 12.8. The van der Waals surface area contributed by atoms with Gasteiger partial charge in [0, 0.05) is 12.6 Å². The highest BCUT2D eigenvalue weighted by Crippen LogP contribution is 2.23. The number of nitrogens with one attached hydrogen (secondary N) is 1. The molecule has 0 aliphatic rings. The van der Waals surface area contributed by atoms with Crippen LogP contribution in [0.25, 0.3) is 11.1 Å². The van der Waals surface area contributed by atoms with E-state index in [1.807, 2.05) is 30.3 Å². The van der Waals surface area contributed by atoms with Crippen LogP contribution < -0.4 is 0 Å². The topological polar surface area (TPSA) is 99.9 Å². The van der Waals surface area contributed by atoms with Crippen molar-refractivity contribution in [3.63, 3.8) is 0 Å². The van der Waals surface area contributed by atoms with E-state index in [-0.39, 0.29) is 6.61 Å². The van der Waals surface area contributed by atoms with Crippen LogP contribution in [0.3, 0.4) is 0 Å². The van der Waals surface area contributed by atoms with E-state index in [1.54, 1.807) is 31.2 Å². The fourth-order valence-electron chi connectivity index (χ4n) is 2.58. The highest BCUT2D eigenvalue weighted by atomic mass is 16.5. The molecule has 27 heavy (non-hydrogen) atoms. The molecule has 2 rings (SSSR count). The number of likely N-dealkylation sites (N-methyl/N-ethyl adjacent to an activating group) is 1. The van der Waals surface area contributed by atoms with E-state index < -0.39 is 23.3 Å². The summed E-state index contributed by atoms with van der Waals surface area (Å²) in [4.78, 5) is 38.2. The third-order valence-electron chi connectivity index (χ3n) is 4.41. The second kappa shape index (κ2) is 8.35. The van der Waals surface area contributed by atoms with Crippen LogP contribution in [0.4, 0.5) is 0 Å². The summed E-state index contributed by atoms with van der Waals surface area (Å²) >= 11 is 0. The van der Waals surface area contributed by atoms with Crippen molar-refractivity contribution in [1.29, 1.82) is 5.53 Å². The third kappa shape index (κ3) is 3.92. The molecule has 0 aromatic heterocycles. The second-order valence-electron chi connectivity index (χ2n) is 6.02. The minimum Gasteiger partial charge on any atom is -0.464 e. The van der Waals surface area contributed by atoms with Gasteiger partial charge < -0.3 is 9.64 Å². The van der Waals surface area contributed by atoms with Crippen molar-refractivity contribution in [2.24, 2.45) is 5.11 Å². The molecule has 7 nitrogen and oxygen atoms in total. The predicted octanol–water partition coefficient (Wildman–Crippen LogP) is 3.30. The standard InChI is InChI=1S/C20H21N3O4/c1-4-27-19(26)20(2,18(25)22-21)23(3)17(24)16-12-10-15(11-13-16)14-8-6-5-7-9-14/h5-13,21H,4H2,1-3H3. The molecule has 2 aromatic rings. The predicted molar refractivity (Wildman–Crippen MR) is 99.2 cm³/mol. The Bertz CT molecular complexity index is 849. The normalized spacial score (nSPS) is 12.6. The van der Waals surface area contributed by atoms with Crippen molar-refractivity contribution in [3.8, 4) is 11.1 Å². The van der Waals surface area contributed by atoms with Crippen LogP contribution in [0.1, 0.15) is 24.2 Å². The Morgan fingerprint density at radius 1 is 1.04 bits per heavy atom. The van der Waals surface area contributed by atoms with Gasteiger partial charge in [0.1, 0.15) is 0 Å². The van der Waals surface area contributed by atoms with Crippen molar-refractivity contribution in [2.45, 2.75) is 19.4 Å². The zero-order valence-corrected chi connectivity index (χ0v) is 15.4. The molecular formula is C20H21N3O4. The maximum Gasteiger partial charge on any atom is 0.341 e. The van der Waals surface area contributed by atoms with E-state index >= 15 is 0 Å². The monoisotopic (exact) mass is 367 g/mol. The van der Waals surface area contributed by atoms with Gasteiger partial charge in [0.05, 0.1) is 6.61 Å². The van der Waals surface area contributed by atoms with Crippen molar-refractivity contribution < 1.29 is 19.1 Å². The van der Waals surface area contributed by atoms with Crippen LogP contribution in [0.15, 0.2) is 59.7 Å². The Morgan fingerprint density at radius 3 is 2.11 bits per heavy atom. The van der Waals surface area contributed by atoms with Gasteiger partial charge >= 0.3 is 11.9 Å². The van der Waals surface area contributed by atoms with Gasteiger partial charge in [0.15, 0.2) is 0 Å². The van der Waals surface area contributed by atoms with E-state index in [1.165, 1.54) is 14.0 Å². The fraction of sp³-hybridized carbons (Fsp3) is 0.250. The lowest BCUT2D eigenvalue weighted by atomic mass is 9.97. The molecule has 1 N–H and O–H groups in total. The summed E-state index contributed by atoms with van der Waals surface area (Å²) in [5.41, 5.74) is 7.21. The van der Waals surface area contributed by atoms with Gasteiger partial charge in [-0.05, 0) is 37.1 Å². The first-order valence-corrected chi connectivity index (χ1v) is 8.39. The summed E-state index contributed by atoms with van der Waals surface area (Å²) in [5.74, 6) is -2.55. The summed E-state index contributed by atoms with van der Waals surface area (Å²) in [7, 11) is 1.31. The van der Waals surface area contributed by atoms with E-state index in [0.717, 1.165) is 16.0 Å². The molecule has 0 fully saturated rings. The lowest BCUT2D eigenvalue weighted by Crippen LogP contribution is -2.58. The molecule has 1 atom stereocenters. The first-order valence-electron chi connectivity index (χ1n) is 8.39. The molecular weight excluding hydrogens is 346 g/mol.